The van der Waals surface area contributed by atoms with Crippen LogP contribution in [0.4, 0.5) is 5.69 Å². The molecule has 0 aliphatic rings. The number of benzene rings is 3. The average molecular weight is 436 g/mol. The Bertz CT molecular complexity index is 1020. The Morgan fingerprint density at radius 2 is 1.42 bits per heavy atom. The molecule has 0 heterocycles. The second-order valence-electron chi connectivity index (χ2n) is 8.06. The first-order valence-electron chi connectivity index (χ1n) is 10.2. The molecule has 0 aliphatic carbocycles. The van der Waals surface area contributed by atoms with Gasteiger partial charge in [0.1, 0.15) is 17.1 Å². The van der Waals surface area contributed by atoms with Crippen LogP contribution >= 0.6 is 11.6 Å². The molecule has 0 fully saturated rings. The molecule has 3 aromatic carbocycles. The van der Waals surface area contributed by atoms with Gasteiger partial charge >= 0.3 is 5.97 Å². The Labute approximate surface area is 188 Å². The lowest BCUT2D eigenvalue weighted by Crippen LogP contribution is -2.24. The SMILES string of the molecule is CC(C)(C)OC(=O)CCC(=Nc1ccc(Oc2ccc(Cl)cc2)cc1)c1ccccc1. The van der Waals surface area contributed by atoms with Gasteiger partial charge in [-0.25, -0.2) is 0 Å². The molecule has 160 valence electrons. The summed E-state index contributed by atoms with van der Waals surface area (Å²) in [5.41, 5.74) is 2.10. The smallest absolute Gasteiger partial charge is 0.306 e. The van der Waals surface area contributed by atoms with Crippen LogP contribution in [0.5, 0.6) is 11.5 Å². The average Bonchev–Trinajstić information content (AvgIpc) is 2.73. The van der Waals surface area contributed by atoms with Crippen molar-refractivity contribution in [2.75, 3.05) is 0 Å². The van der Waals surface area contributed by atoms with Crippen LogP contribution in [-0.2, 0) is 9.53 Å². The van der Waals surface area contributed by atoms with E-state index in [4.69, 9.17) is 26.1 Å². The van der Waals surface area contributed by atoms with Crippen LogP contribution in [0.25, 0.3) is 0 Å². The van der Waals surface area contributed by atoms with E-state index in [1.807, 2.05) is 87.5 Å². The highest BCUT2D eigenvalue weighted by atomic mass is 35.5. The number of ether oxygens (including phenoxy) is 2. The van der Waals surface area contributed by atoms with E-state index >= 15 is 0 Å². The Morgan fingerprint density at radius 3 is 2.00 bits per heavy atom. The quantitative estimate of drug-likeness (QED) is 0.287. The van der Waals surface area contributed by atoms with Crippen LogP contribution < -0.4 is 4.74 Å². The van der Waals surface area contributed by atoms with Gasteiger partial charge in [0.05, 0.1) is 12.1 Å². The molecule has 0 radical (unpaired) electrons. The van der Waals surface area contributed by atoms with E-state index in [1.54, 1.807) is 12.1 Å². The predicted molar refractivity (Wildman–Crippen MR) is 126 cm³/mol. The van der Waals surface area contributed by atoms with Crippen molar-refractivity contribution in [3.8, 4) is 11.5 Å². The van der Waals surface area contributed by atoms with E-state index < -0.39 is 5.60 Å². The molecule has 3 aromatic rings. The summed E-state index contributed by atoms with van der Waals surface area (Å²) in [6.45, 7) is 5.60. The lowest BCUT2D eigenvalue weighted by molar-refractivity contribution is -0.154. The zero-order chi connectivity index (χ0) is 22.3. The maximum absolute atomic E-state index is 12.2. The summed E-state index contributed by atoms with van der Waals surface area (Å²) in [7, 11) is 0. The van der Waals surface area contributed by atoms with Gasteiger partial charge in [0.15, 0.2) is 0 Å². The minimum absolute atomic E-state index is 0.233. The van der Waals surface area contributed by atoms with Crippen LogP contribution in [-0.4, -0.2) is 17.3 Å². The third kappa shape index (κ3) is 7.58. The van der Waals surface area contributed by atoms with Crippen molar-refractivity contribution < 1.29 is 14.3 Å². The van der Waals surface area contributed by atoms with Crippen LogP contribution in [0.1, 0.15) is 39.2 Å². The summed E-state index contributed by atoms with van der Waals surface area (Å²) < 4.78 is 11.3. The van der Waals surface area contributed by atoms with Crippen molar-refractivity contribution in [1.82, 2.24) is 0 Å². The molecular formula is C26H26ClNO3. The lowest BCUT2D eigenvalue weighted by Gasteiger charge is -2.19. The maximum Gasteiger partial charge on any atom is 0.306 e. The van der Waals surface area contributed by atoms with Gasteiger partial charge < -0.3 is 9.47 Å². The summed E-state index contributed by atoms with van der Waals surface area (Å²) in [6.07, 6.45) is 0.755. The summed E-state index contributed by atoms with van der Waals surface area (Å²) in [6, 6.07) is 24.6. The zero-order valence-corrected chi connectivity index (χ0v) is 18.7. The number of hydrogen-bond donors (Lipinski definition) is 0. The van der Waals surface area contributed by atoms with E-state index in [2.05, 4.69) is 0 Å². The molecule has 0 saturated carbocycles. The fourth-order valence-corrected chi connectivity index (χ4v) is 3.02. The van der Waals surface area contributed by atoms with Gasteiger partial charge in [0, 0.05) is 17.2 Å². The lowest BCUT2D eigenvalue weighted by atomic mass is 10.1. The summed E-state index contributed by atoms with van der Waals surface area (Å²) in [4.78, 5) is 17.0. The molecule has 0 bridgehead atoms. The largest absolute Gasteiger partial charge is 0.460 e. The van der Waals surface area contributed by atoms with Crippen LogP contribution in [0, 0.1) is 0 Å². The van der Waals surface area contributed by atoms with Gasteiger partial charge in [-0.1, -0.05) is 41.9 Å². The number of halogens is 1. The first kappa shape index (κ1) is 22.6. The van der Waals surface area contributed by atoms with E-state index in [0.29, 0.717) is 22.9 Å². The molecule has 0 aromatic heterocycles. The normalized spacial score (nSPS) is 11.8. The van der Waals surface area contributed by atoms with Gasteiger partial charge in [-0.05, 0) is 74.9 Å². The molecule has 0 atom stereocenters. The van der Waals surface area contributed by atoms with Crippen LogP contribution in [0.15, 0.2) is 83.9 Å². The molecular weight excluding hydrogens is 410 g/mol. The van der Waals surface area contributed by atoms with Crippen LogP contribution in [0.2, 0.25) is 5.02 Å². The molecule has 31 heavy (non-hydrogen) atoms. The predicted octanol–water partition coefficient (Wildman–Crippen LogP) is 7.38. The minimum Gasteiger partial charge on any atom is -0.460 e. The van der Waals surface area contributed by atoms with Crippen molar-refractivity contribution in [3.05, 3.63) is 89.4 Å². The number of carbonyl (C=O) groups is 1. The molecule has 3 rings (SSSR count). The highest BCUT2D eigenvalue weighted by molar-refractivity contribution is 6.30. The molecule has 4 nitrogen and oxygen atoms in total. The first-order chi connectivity index (χ1) is 14.8. The van der Waals surface area contributed by atoms with Crippen molar-refractivity contribution >= 4 is 29.0 Å². The highest BCUT2D eigenvalue weighted by Crippen LogP contribution is 2.26. The summed E-state index contributed by atoms with van der Waals surface area (Å²) in [5, 5.41) is 0.664. The van der Waals surface area contributed by atoms with Crippen LogP contribution in [0.3, 0.4) is 0 Å². The molecule has 5 heteroatoms. The van der Waals surface area contributed by atoms with Gasteiger partial charge in [0.2, 0.25) is 0 Å². The highest BCUT2D eigenvalue weighted by Gasteiger charge is 2.17. The molecule has 0 amide bonds. The van der Waals surface area contributed by atoms with Crippen molar-refractivity contribution in [2.24, 2.45) is 4.99 Å². The molecule has 0 N–H and O–H groups in total. The Kier molecular flexibility index (Phi) is 7.48. The number of carbonyl (C=O) groups excluding carboxylic acids is 1. The van der Waals surface area contributed by atoms with E-state index in [1.165, 1.54) is 0 Å². The third-order valence-electron chi connectivity index (χ3n) is 4.24. The second-order valence-corrected chi connectivity index (χ2v) is 8.50. The summed E-state index contributed by atoms with van der Waals surface area (Å²) in [5.74, 6) is 1.18. The second kappa shape index (κ2) is 10.3. The number of rotatable bonds is 7. The van der Waals surface area contributed by atoms with E-state index in [-0.39, 0.29) is 12.4 Å². The molecule has 0 aliphatic heterocycles. The number of nitrogens with zero attached hydrogens (tertiary/aromatic N) is 1. The van der Waals surface area contributed by atoms with E-state index in [0.717, 1.165) is 17.0 Å². The fraction of sp³-hybridized carbons (Fsp3) is 0.231. The minimum atomic E-state index is -0.499. The summed E-state index contributed by atoms with van der Waals surface area (Å²) >= 11 is 5.91. The maximum atomic E-state index is 12.2. The van der Waals surface area contributed by atoms with Crippen molar-refractivity contribution in [1.29, 1.82) is 0 Å². The Hall–Kier alpha value is -3.11. The zero-order valence-electron chi connectivity index (χ0n) is 18.0. The Balaban J connectivity index is 1.74. The Morgan fingerprint density at radius 1 is 0.839 bits per heavy atom. The first-order valence-corrected chi connectivity index (χ1v) is 10.5. The fourth-order valence-electron chi connectivity index (χ4n) is 2.89. The topological polar surface area (TPSA) is 47.9 Å². The monoisotopic (exact) mass is 435 g/mol. The van der Waals surface area contributed by atoms with E-state index in [9.17, 15) is 4.79 Å². The van der Waals surface area contributed by atoms with Crippen molar-refractivity contribution in [3.63, 3.8) is 0 Å². The molecule has 0 spiro atoms. The number of esters is 1. The van der Waals surface area contributed by atoms with Gasteiger partial charge in [-0.2, -0.15) is 0 Å². The van der Waals surface area contributed by atoms with Gasteiger partial charge in [-0.15, -0.1) is 0 Å². The van der Waals surface area contributed by atoms with Crippen molar-refractivity contribution in [2.45, 2.75) is 39.2 Å². The standard InChI is InChI=1S/C26H26ClNO3/c1-26(2,3)31-25(29)18-17-24(19-7-5-4-6-8-19)28-21-11-15-23(16-12-21)30-22-13-9-20(27)10-14-22/h4-16H,17-18H2,1-3H3. The molecule has 0 unspecified atom stereocenters. The number of aliphatic imine (C=N–C) groups is 1. The number of hydrogen-bond acceptors (Lipinski definition) is 4. The third-order valence-corrected chi connectivity index (χ3v) is 4.50. The van der Waals surface area contributed by atoms with Gasteiger partial charge in [-0.3, -0.25) is 9.79 Å². The van der Waals surface area contributed by atoms with Gasteiger partial charge in [0.25, 0.3) is 0 Å². The molecule has 0 saturated heterocycles.